The van der Waals surface area contributed by atoms with Gasteiger partial charge >= 0.3 is 0 Å². The van der Waals surface area contributed by atoms with Gasteiger partial charge in [0.05, 0.1) is 6.54 Å². The van der Waals surface area contributed by atoms with Gasteiger partial charge in [-0.3, -0.25) is 4.99 Å². The molecule has 0 aromatic carbocycles. The summed E-state index contributed by atoms with van der Waals surface area (Å²) in [6.07, 6.45) is 1.90. The predicted molar refractivity (Wildman–Crippen MR) is 85.7 cm³/mol. The SMILES string of the molecule is CC1CN=C(NCc2ccnc(N3CCN(C)CC3)c2)N1. The number of aliphatic imine (C=N–C) groups is 1. The maximum absolute atomic E-state index is 4.51. The van der Waals surface area contributed by atoms with E-state index in [0.29, 0.717) is 6.04 Å². The fourth-order valence-corrected chi connectivity index (χ4v) is 2.62. The first-order chi connectivity index (χ1) is 10.2. The summed E-state index contributed by atoms with van der Waals surface area (Å²) in [5.41, 5.74) is 1.24. The first-order valence-corrected chi connectivity index (χ1v) is 7.64. The van der Waals surface area contributed by atoms with Crippen molar-refractivity contribution in [3.8, 4) is 0 Å². The number of anilines is 1. The third-order valence-corrected chi connectivity index (χ3v) is 4.00. The Morgan fingerprint density at radius 1 is 1.33 bits per heavy atom. The topological polar surface area (TPSA) is 55.8 Å². The van der Waals surface area contributed by atoms with E-state index in [9.17, 15) is 0 Å². The Bertz CT molecular complexity index is 507. The van der Waals surface area contributed by atoms with E-state index in [1.165, 1.54) is 5.56 Å². The van der Waals surface area contributed by atoms with Crippen LogP contribution in [0.15, 0.2) is 23.3 Å². The molecule has 1 atom stereocenters. The van der Waals surface area contributed by atoms with Crippen molar-refractivity contribution < 1.29 is 0 Å². The average Bonchev–Trinajstić information content (AvgIpc) is 2.92. The van der Waals surface area contributed by atoms with Gasteiger partial charge in [-0.05, 0) is 31.7 Å². The minimum Gasteiger partial charge on any atom is -0.354 e. The van der Waals surface area contributed by atoms with Gasteiger partial charge in [-0.15, -0.1) is 0 Å². The van der Waals surface area contributed by atoms with Crippen LogP contribution in [0, 0.1) is 0 Å². The van der Waals surface area contributed by atoms with E-state index in [2.05, 4.69) is 56.5 Å². The molecule has 2 aliphatic rings. The number of guanidine groups is 1. The minimum atomic E-state index is 0.436. The molecule has 1 aromatic rings. The van der Waals surface area contributed by atoms with Crippen LogP contribution >= 0.6 is 0 Å². The van der Waals surface area contributed by atoms with Crippen LogP contribution in [0.3, 0.4) is 0 Å². The summed E-state index contributed by atoms with van der Waals surface area (Å²) >= 11 is 0. The lowest BCUT2D eigenvalue weighted by atomic mass is 10.2. The monoisotopic (exact) mass is 288 g/mol. The van der Waals surface area contributed by atoms with Gasteiger partial charge in [0.25, 0.3) is 0 Å². The summed E-state index contributed by atoms with van der Waals surface area (Å²) < 4.78 is 0. The molecule has 1 unspecified atom stereocenters. The molecule has 6 nitrogen and oxygen atoms in total. The Kier molecular flexibility index (Phi) is 4.24. The Balaban J connectivity index is 1.58. The van der Waals surface area contributed by atoms with Crippen LogP contribution in [0.4, 0.5) is 5.82 Å². The lowest BCUT2D eigenvalue weighted by molar-refractivity contribution is 0.312. The zero-order chi connectivity index (χ0) is 14.7. The van der Waals surface area contributed by atoms with E-state index < -0.39 is 0 Å². The predicted octanol–water partition coefficient (Wildman–Crippen LogP) is 0.271. The Morgan fingerprint density at radius 2 is 2.14 bits per heavy atom. The fraction of sp³-hybridized carbons (Fsp3) is 0.600. The molecule has 0 bridgehead atoms. The number of hydrogen-bond donors (Lipinski definition) is 2. The van der Waals surface area contributed by atoms with Gasteiger partial charge < -0.3 is 20.4 Å². The van der Waals surface area contributed by atoms with Crippen LogP contribution in [-0.2, 0) is 6.54 Å². The van der Waals surface area contributed by atoms with Crippen molar-refractivity contribution in [1.29, 1.82) is 0 Å². The molecule has 114 valence electrons. The highest BCUT2D eigenvalue weighted by molar-refractivity contribution is 5.81. The minimum absolute atomic E-state index is 0.436. The summed E-state index contributed by atoms with van der Waals surface area (Å²) in [5, 5.41) is 6.66. The van der Waals surface area contributed by atoms with Crippen molar-refractivity contribution in [2.75, 3.05) is 44.7 Å². The molecular weight excluding hydrogens is 264 g/mol. The highest BCUT2D eigenvalue weighted by atomic mass is 15.3. The lowest BCUT2D eigenvalue weighted by Gasteiger charge is -2.33. The molecule has 1 saturated heterocycles. The largest absolute Gasteiger partial charge is 0.354 e. The van der Waals surface area contributed by atoms with Crippen LogP contribution in [0.5, 0.6) is 0 Å². The summed E-state index contributed by atoms with van der Waals surface area (Å²) in [6, 6.07) is 4.67. The molecule has 0 radical (unpaired) electrons. The van der Waals surface area contributed by atoms with E-state index in [1.807, 2.05) is 6.20 Å². The highest BCUT2D eigenvalue weighted by Gasteiger charge is 2.16. The zero-order valence-corrected chi connectivity index (χ0v) is 12.8. The second-order valence-electron chi connectivity index (χ2n) is 5.90. The Hall–Kier alpha value is -1.82. The van der Waals surface area contributed by atoms with E-state index >= 15 is 0 Å². The average molecular weight is 288 g/mol. The third kappa shape index (κ3) is 3.64. The fourth-order valence-electron chi connectivity index (χ4n) is 2.62. The maximum atomic E-state index is 4.51. The number of hydrogen-bond acceptors (Lipinski definition) is 6. The molecule has 0 saturated carbocycles. The van der Waals surface area contributed by atoms with Crippen LogP contribution < -0.4 is 15.5 Å². The number of pyridine rings is 1. The van der Waals surface area contributed by atoms with Crippen LogP contribution in [0.25, 0.3) is 0 Å². The molecular formula is C15H24N6. The lowest BCUT2D eigenvalue weighted by Crippen LogP contribution is -2.44. The van der Waals surface area contributed by atoms with Gasteiger partial charge in [0, 0.05) is 45.0 Å². The maximum Gasteiger partial charge on any atom is 0.191 e. The smallest absolute Gasteiger partial charge is 0.191 e. The van der Waals surface area contributed by atoms with Gasteiger partial charge in [0.2, 0.25) is 0 Å². The first kappa shape index (κ1) is 14.1. The molecule has 2 N–H and O–H groups in total. The third-order valence-electron chi connectivity index (χ3n) is 4.00. The highest BCUT2D eigenvalue weighted by Crippen LogP contribution is 2.14. The number of likely N-dealkylation sites (N-methyl/N-ethyl adjacent to an activating group) is 1. The summed E-state index contributed by atoms with van der Waals surface area (Å²) in [5.74, 6) is 1.98. The molecule has 1 aromatic heterocycles. The van der Waals surface area contributed by atoms with Gasteiger partial charge in [-0.25, -0.2) is 4.98 Å². The first-order valence-electron chi connectivity index (χ1n) is 7.64. The van der Waals surface area contributed by atoms with Gasteiger partial charge in [-0.2, -0.15) is 0 Å². The molecule has 2 aliphatic heterocycles. The Morgan fingerprint density at radius 3 is 2.86 bits per heavy atom. The normalized spacial score (nSPS) is 22.9. The van der Waals surface area contributed by atoms with Gasteiger partial charge in [0.15, 0.2) is 5.96 Å². The molecule has 0 aliphatic carbocycles. The van der Waals surface area contributed by atoms with Crippen molar-refractivity contribution in [2.45, 2.75) is 19.5 Å². The number of nitrogens with one attached hydrogen (secondary N) is 2. The standard InChI is InChI=1S/C15H24N6/c1-12-10-17-15(19-12)18-11-13-3-4-16-14(9-13)21-7-5-20(2)6-8-21/h3-4,9,12H,5-8,10-11H2,1-2H3,(H2,17,18,19). The van der Waals surface area contributed by atoms with Crippen LogP contribution in [-0.4, -0.2) is 61.7 Å². The van der Waals surface area contributed by atoms with Crippen LogP contribution in [0.2, 0.25) is 0 Å². The molecule has 1 fully saturated rings. The molecule has 0 spiro atoms. The summed E-state index contributed by atoms with van der Waals surface area (Å²) in [6.45, 7) is 8.06. The second kappa shape index (κ2) is 6.30. The van der Waals surface area contributed by atoms with Gasteiger partial charge in [-0.1, -0.05) is 0 Å². The van der Waals surface area contributed by atoms with Crippen LogP contribution in [0.1, 0.15) is 12.5 Å². The van der Waals surface area contributed by atoms with Crippen molar-refractivity contribution >= 4 is 11.8 Å². The Labute approximate surface area is 126 Å². The van der Waals surface area contributed by atoms with Crippen molar-refractivity contribution in [3.63, 3.8) is 0 Å². The molecule has 21 heavy (non-hydrogen) atoms. The van der Waals surface area contributed by atoms with E-state index in [0.717, 1.165) is 51.0 Å². The summed E-state index contributed by atoms with van der Waals surface area (Å²) in [4.78, 5) is 13.6. The van der Waals surface area contributed by atoms with E-state index in [4.69, 9.17) is 0 Å². The zero-order valence-electron chi connectivity index (χ0n) is 12.8. The number of rotatable bonds is 3. The van der Waals surface area contributed by atoms with Crippen molar-refractivity contribution in [1.82, 2.24) is 20.5 Å². The van der Waals surface area contributed by atoms with Crippen molar-refractivity contribution in [3.05, 3.63) is 23.9 Å². The summed E-state index contributed by atoms with van der Waals surface area (Å²) in [7, 11) is 2.17. The molecule has 3 rings (SSSR count). The van der Waals surface area contributed by atoms with E-state index in [1.54, 1.807) is 0 Å². The van der Waals surface area contributed by atoms with Crippen molar-refractivity contribution in [2.24, 2.45) is 4.99 Å². The molecule has 6 heteroatoms. The number of nitrogens with zero attached hydrogens (tertiary/aromatic N) is 4. The van der Waals surface area contributed by atoms with Gasteiger partial charge in [0.1, 0.15) is 5.82 Å². The van der Waals surface area contributed by atoms with E-state index in [-0.39, 0.29) is 0 Å². The quantitative estimate of drug-likeness (QED) is 0.836. The molecule has 0 amide bonds. The number of piperazine rings is 1. The second-order valence-corrected chi connectivity index (χ2v) is 5.90. The number of aromatic nitrogens is 1. The molecule has 3 heterocycles.